The van der Waals surface area contributed by atoms with Crippen molar-refractivity contribution in [3.8, 4) is 5.75 Å². The number of nitrogens with zero attached hydrogens (tertiary/aromatic N) is 2. The second kappa shape index (κ2) is 7.80. The standard InChI is InChI=1S/C10H10N2O5.C2H6/c1-7(11(13)14)6-8-4-3-5-9(12(15)16)10(8)17-2;1-2/h3-6H,1-2H3;1-2H3/b7-6+;. The fourth-order valence-corrected chi connectivity index (χ4v) is 1.30. The third-order valence-electron chi connectivity index (χ3n) is 2.08. The number of methoxy groups -OCH3 is 1. The van der Waals surface area contributed by atoms with Crippen molar-refractivity contribution in [1.29, 1.82) is 0 Å². The molecular weight excluding hydrogens is 252 g/mol. The normalized spacial score (nSPS) is 10.2. The van der Waals surface area contributed by atoms with E-state index in [1.165, 1.54) is 38.3 Å². The number of para-hydroxylation sites is 1. The van der Waals surface area contributed by atoms with Crippen LogP contribution in [0.25, 0.3) is 6.08 Å². The molecule has 0 saturated carbocycles. The van der Waals surface area contributed by atoms with E-state index in [0.717, 1.165) is 0 Å². The van der Waals surface area contributed by atoms with Gasteiger partial charge in [-0.2, -0.15) is 0 Å². The van der Waals surface area contributed by atoms with Crippen LogP contribution in [0.4, 0.5) is 5.69 Å². The molecule has 0 aromatic heterocycles. The van der Waals surface area contributed by atoms with Crippen LogP contribution in [0.3, 0.4) is 0 Å². The van der Waals surface area contributed by atoms with Gasteiger partial charge in [0, 0.05) is 24.6 Å². The molecule has 0 fully saturated rings. The second-order valence-electron chi connectivity index (χ2n) is 3.20. The zero-order chi connectivity index (χ0) is 15.0. The lowest BCUT2D eigenvalue weighted by Crippen LogP contribution is -1.97. The smallest absolute Gasteiger partial charge is 0.311 e. The number of hydrogen-bond acceptors (Lipinski definition) is 5. The molecule has 0 aliphatic heterocycles. The van der Waals surface area contributed by atoms with E-state index >= 15 is 0 Å². The molecule has 0 radical (unpaired) electrons. The number of hydrogen-bond donors (Lipinski definition) is 0. The highest BCUT2D eigenvalue weighted by Crippen LogP contribution is 2.31. The topological polar surface area (TPSA) is 95.5 Å². The van der Waals surface area contributed by atoms with E-state index in [2.05, 4.69) is 0 Å². The first-order chi connectivity index (χ1) is 8.97. The zero-order valence-corrected chi connectivity index (χ0v) is 11.2. The van der Waals surface area contributed by atoms with Gasteiger partial charge in [0.1, 0.15) is 0 Å². The quantitative estimate of drug-likeness (QED) is 0.616. The molecule has 0 N–H and O–H groups in total. The van der Waals surface area contributed by atoms with Crippen LogP contribution < -0.4 is 4.74 Å². The van der Waals surface area contributed by atoms with Gasteiger partial charge in [0.15, 0.2) is 0 Å². The molecule has 104 valence electrons. The highest BCUT2D eigenvalue weighted by molar-refractivity contribution is 5.65. The Morgan fingerprint density at radius 2 is 1.84 bits per heavy atom. The van der Waals surface area contributed by atoms with E-state index in [0.29, 0.717) is 5.56 Å². The minimum atomic E-state index is -0.600. The van der Waals surface area contributed by atoms with Crippen LogP contribution in [-0.4, -0.2) is 17.0 Å². The lowest BCUT2D eigenvalue weighted by atomic mass is 10.1. The zero-order valence-electron chi connectivity index (χ0n) is 11.2. The van der Waals surface area contributed by atoms with Gasteiger partial charge in [0.05, 0.1) is 17.0 Å². The Balaban J connectivity index is 0.00000154. The summed E-state index contributed by atoms with van der Waals surface area (Å²) in [6.07, 6.45) is 1.23. The molecule has 1 aromatic carbocycles. The van der Waals surface area contributed by atoms with E-state index < -0.39 is 9.85 Å². The summed E-state index contributed by atoms with van der Waals surface area (Å²) in [6, 6.07) is 4.23. The average molecular weight is 268 g/mol. The molecule has 7 heteroatoms. The highest BCUT2D eigenvalue weighted by Gasteiger charge is 2.18. The van der Waals surface area contributed by atoms with Gasteiger partial charge in [-0.1, -0.05) is 26.0 Å². The van der Waals surface area contributed by atoms with Crippen molar-refractivity contribution >= 4 is 11.8 Å². The molecule has 0 spiro atoms. The minimum Gasteiger partial charge on any atom is -0.490 e. The molecule has 0 saturated heterocycles. The number of ether oxygens (including phenoxy) is 1. The van der Waals surface area contributed by atoms with Crippen LogP contribution >= 0.6 is 0 Å². The molecule has 0 aliphatic carbocycles. The van der Waals surface area contributed by atoms with Gasteiger partial charge in [-0.05, 0) is 0 Å². The average Bonchev–Trinajstić information content (AvgIpc) is 2.40. The molecule has 0 heterocycles. The third-order valence-corrected chi connectivity index (χ3v) is 2.08. The summed E-state index contributed by atoms with van der Waals surface area (Å²) >= 11 is 0. The second-order valence-corrected chi connectivity index (χ2v) is 3.20. The molecule has 0 bridgehead atoms. The maximum Gasteiger partial charge on any atom is 0.311 e. The highest BCUT2D eigenvalue weighted by atomic mass is 16.6. The first-order valence-electron chi connectivity index (χ1n) is 5.61. The van der Waals surface area contributed by atoms with Crippen LogP contribution in [0.15, 0.2) is 23.9 Å². The van der Waals surface area contributed by atoms with Crippen molar-refractivity contribution in [1.82, 2.24) is 0 Å². The van der Waals surface area contributed by atoms with Gasteiger partial charge in [0.25, 0.3) is 0 Å². The number of allylic oxidation sites excluding steroid dienone is 1. The van der Waals surface area contributed by atoms with E-state index in [1.54, 1.807) is 0 Å². The van der Waals surface area contributed by atoms with Crippen molar-refractivity contribution in [3.05, 3.63) is 49.7 Å². The molecular formula is C12H16N2O5. The van der Waals surface area contributed by atoms with Gasteiger partial charge >= 0.3 is 5.69 Å². The summed E-state index contributed by atoms with van der Waals surface area (Å²) in [5, 5.41) is 21.2. The van der Waals surface area contributed by atoms with Crippen LogP contribution in [0, 0.1) is 20.2 Å². The third kappa shape index (κ3) is 4.38. The van der Waals surface area contributed by atoms with Gasteiger partial charge in [-0.25, -0.2) is 0 Å². The molecule has 19 heavy (non-hydrogen) atoms. The van der Waals surface area contributed by atoms with Crippen LogP contribution in [-0.2, 0) is 0 Å². The van der Waals surface area contributed by atoms with Gasteiger partial charge < -0.3 is 4.74 Å². The van der Waals surface area contributed by atoms with Crippen molar-refractivity contribution in [2.24, 2.45) is 0 Å². The predicted molar refractivity (Wildman–Crippen MR) is 71.6 cm³/mol. The Labute approximate surface area is 110 Å². The number of rotatable bonds is 4. The Hall–Kier alpha value is -2.44. The summed E-state index contributed by atoms with van der Waals surface area (Å²) in [5.41, 5.74) is -0.0444. The summed E-state index contributed by atoms with van der Waals surface area (Å²) in [5.74, 6) is 0.0127. The van der Waals surface area contributed by atoms with Crippen molar-refractivity contribution < 1.29 is 14.6 Å². The molecule has 0 amide bonds. The molecule has 1 rings (SSSR count). The van der Waals surface area contributed by atoms with Gasteiger partial charge in [0.2, 0.25) is 11.4 Å². The predicted octanol–water partition coefficient (Wildman–Crippen LogP) is 3.27. The van der Waals surface area contributed by atoms with Crippen molar-refractivity contribution in [2.75, 3.05) is 7.11 Å². The largest absolute Gasteiger partial charge is 0.490 e. The maximum atomic E-state index is 10.7. The van der Waals surface area contributed by atoms with Crippen molar-refractivity contribution in [2.45, 2.75) is 20.8 Å². The molecule has 0 unspecified atom stereocenters. The Morgan fingerprint density at radius 1 is 1.26 bits per heavy atom. The van der Waals surface area contributed by atoms with Crippen molar-refractivity contribution in [3.63, 3.8) is 0 Å². The fourth-order valence-electron chi connectivity index (χ4n) is 1.30. The first-order valence-corrected chi connectivity index (χ1v) is 5.61. The molecule has 0 aliphatic rings. The number of nitro groups is 2. The maximum absolute atomic E-state index is 10.7. The number of benzene rings is 1. The number of nitro benzene ring substituents is 1. The first kappa shape index (κ1) is 16.6. The Bertz CT molecular complexity index is 497. The van der Waals surface area contributed by atoms with E-state index in [-0.39, 0.29) is 17.1 Å². The van der Waals surface area contributed by atoms with Gasteiger partial charge in [-0.3, -0.25) is 20.2 Å². The summed E-state index contributed by atoms with van der Waals surface area (Å²) in [4.78, 5) is 20.0. The molecule has 1 aromatic rings. The summed E-state index contributed by atoms with van der Waals surface area (Å²) in [6.45, 7) is 5.30. The SMILES string of the molecule is CC.COc1c(/C=C(\C)[N+](=O)[O-])cccc1[N+](=O)[O-]. The summed E-state index contributed by atoms with van der Waals surface area (Å²) in [7, 11) is 1.28. The van der Waals surface area contributed by atoms with E-state index in [1.807, 2.05) is 13.8 Å². The monoisotopic (exact) mass is 268 g/mol. The Morgan fingerprint density at radius 3 is 2.26 bits per heavy atom. The lowest BCUT2D eigenvalue weighted by Gasteiger charge is -2.04. The molecule has 7 nitrogen and oxygen atoms in total. The lowest BCUT2D eigenvalue weighted by molar-refractivity contribution is -0.422. The van der Waals surface area contributed by atoms with Crippen LogP contribution in [0.1, 0.15) is 26.3 Å². The van der Waals surface area contributed by atoms with Crippen LogP contribution in [0.5, 0.6) is 5.75 Å². The summed E-state index contributed by atoms with van der Waals surface area (Å²) < 4.78 is 4.91. The van der Waals surface area contributed by atoms with Crippen LogP contribution in [0.2, 0.25) is 0 Å². The Kier molecular flexibility index (Phi) is 6.80. The fraction of sp³-hybridized carbons (Fsp3) is 0.333. The van der Waals surface area contributed by atoms with E-state index in [9.17, 15) is 20.2 Å². The van der Waals surface area contributed by atoms with E-state index in [4.69, 9.17) is 4.74 Å². The molecule has 0 atom stereocenters. The van der Waals surface area contributed by atoms with Gasteiger partial charge in [-0.15, -0.1) is 0 Å². The minimum absolute atomic E-state index is 0.0127.